The van der Waals surface area contributed by atoms with Gasteiger partial charge in [0.05, 0.1) is 39.6 Å². The van der Waals surface area contributed by atoms with Gasteiger partial charge in [-0.2, -0.15) is 0 Å². The first-order valence-electron chi connectivity index (χ1n) is 11.6. The number of fused-ring (bicyclic) bond motifs is 1. The minimum Gasteiger partial charge on any atom is -0.493 e. The molecule has 0 saturated heterocycles. The SMILES string of the molecule is COc1cc2cc(-c3ccccc3)c(-c3cc(OC)c(OC)c(-c4ccccc4)c3)nc2cc1OC. The zero-order valence-corrected chi connectivity index (χ0v) is 20.7. The Kier molecular flexibility index (Phi) is 6.46. The lowest BCUT2D eigenvalue weighted by molar-refractivity contribution is 0.356. The van der Waals surface area contributed by atoms with Gasteiger partial charge in [0, 0.05) is 28.1 Å². The summed E-state index contributed by atoms with van der Waals surface area (Å²) >= 11 is 0. The topological polar surface area (TPSA) is 49.8 Å². The van der Waals surface area contributed by atoms with Gasteiger partial charge in [0.1, 0.15) is 0 Å². The molecule has 0 fully saturated rings. The molecule has 5 heteroatoms. The van der Waals surface area contributed by atoms with Crippen LogP contribution in [0.3, 0.4) is 0 Å². The Balaban J connectivity index is 1.83. The van der Waals surface area contributed by atoms with E-state index >= 15 is 0 Å². The van der Waals surface area contributed by atoms with Crippen LogP contribution in [-0.2, 0) is 0 Å². The normalized spacial score (nSPS) is 10.8. The molecule has 4 aromatic carbocycles. The number of hydrogen-bond acceptors (Lipinski definition) is 5. The van der Waals surface area contributed by atoms with Crippen LogP contribution in [0.5, 0.6) is 23.0 Å². The van der Waals surface area contributed by atoms with Crippen molar-refractivity contribution in [2.24, 2.45) is 0 Å². The number of pyridine rings is 1. The number of methoxy groups -OCH3 is 4. The van der Waals surface area contributed by atoms with E-state index in [-0.39, 0.29) is 0 Å². The first-order valence-corrected chi connectivity index (χ1v) is 11.6. The van der Waals surface area contributed by atoms with Crippen molar-refractivity contribution >= 4 is 10.9 Å². The van der Waals surface area contributed by atoms with E-state index in [9.17, 15) is 0 Å². The number of nitrogens with zero attached hydrogens (tertiary/aromatic N) is 1. The average Bonchev–Trinajstić information content (AvgIpc) is 2.95. The monoisotopic (exact) mass is 477 g/mol. The molecule has 0 N–H and O–H groups in total. The third kappa shape index (κ3) is 4.20. The van der Waals surface area contributed by atoms with Crippen LogP contribution >= 0.6 is 0 Å². The van der Waals surface area contributed by atoms with Gasteiger partial charge >= 0.3 is 0 Å². The molecule has 5 aromatic rings. The van der Waals surface area contributed by atoms with Crippen LogP contribution in [0.4, 0.5) is 0 Å². The highest BCUT2D eigenvalue weighted by molar-refractivity contribution is 5.94. The first-order chi connectivity index (χ1) is 17.7. The molecule has 0 atom stereocenters. The molecule has 5 nitrogen and oxygen atoms in total. The summed E-state index contributed by atoms with van der Waals surface area (Å²) in [4.78, 5) is 5.14. The molecule has 180 valence electrons. The number of ether oxygens (including phenoxy) is 4. The van der Waals surface area contributed by atoms with E-state index in [1.807, 2.05) is 54.6 Å². The fraction of sp³-hybridized carbons (Fsp3) is 0.129. The Morgan fingerprint density at radius 2 is 1.08 bits per heavy atom. The van der Waals surface area contributed by atoms with E-state index in [1.54, 1.807) is 28.4 Å². The number of hydrogen-bond donors (Lipinski definition) is 0. The molecule has 1 heterocycles. The highest BCUT2D eigenvalue weighted by atomic mass is 16.5. The van der Waals surface area contributed by atoms with Crippen LogP contribution in [0.1, 0.15) is 0 Å². The molecule has 0 aliphatic heterocycles. The van der Waals surface area contributed by atoms with Crippen molar-refractivity contribution < 1.29 is 18.9 Å². The Hall–Kier alpha value is -4.51. The van der Waals surface area contributed by atoms with Crippen molar-refractivity contribution in [1.82, 2.24) is 4.98 Å². The van der Waals surface area contributed by atoms with E-state index in [4.69, 9.17) is 23.9 Å². The highest BCUT2D eigenvalue weighted by Gasteiger charge is 2.19. The van der Waals surface area contributed by atoms with Crippen molar-refractivity contribution in [1.29, 1.82) is 0 Å². The average molecular weight is 478 g/mol. The number of rotatable bonds is 7. The second-order valence-corrected chi connectivity index (χ2v) is 8.28. The van der Waals surface area contributed by atoms with Crippen LogP contribution < -0.4 is 18.9 Å². The maximum Gasteiger partial charge on any atom is 0.168 e. The summed E-state index contributed by atoms with van der Waals surface area (Å²) in [5, 5.41) is 0.957. The molecular weight excluding hydrogens is 450 g/mol. The maximum atomic E-state index is 5.78. The fourth-order valence-electron chi connectivity index (χ4n) is 4.49. The third-order valence-electron chi connectivity index (χ3n) is 6.24. The zero-order chi connectivity index (χ0) is 25.1. The van der Waals surface area contributed by atoms with Crippen molar-refractivity contribution in [3.05, 3.63) is 91.0 Å². The van der Waals surface area contributed by atoms with Gasteiger partial charge in [-0.1, -0.05) is 60.7 Å². The van der Waals surface area contributed by atoms with Crippen LogP contribution in [0.2, 0.25) is 0 Å². The molecule has 0 aliphatic carbocycles. The van der Waals surface area contributed by atoms with Crippen molar-refractivity contribution in [2.75, 3.05) is 28.4 Å². The number of aromatic nitrogens is 1. The third-order valence-corrected chi connectivity index (χ3v) is 6.24. The Morgan fingerprint density at radius 1 is 0.500 bits per heavy atom. The molecular formula is C31H27NO4. The highest BCUT2D eigenvalue weighted by Crippen LogP contribution is 2.44. The van der Waals surface area contributed by atoms with Crippen molar-refractivity contribution in [2.45, 2.75) is 0 Å². The predicted octanol–water partition coefficient (Wildman–Crippen LogP) is 7.27. The lowest BCUT2D eigenvalue weighted by Gasteiger charge is -2.18. The van der Waals surface area contributed by atoms with Gasteiger partial charge in [0.25, 0.3) is 0 Å². The molecule has 36 heavy (non-hydrogen) atoms. The summed E-state index contributed by atoms with van der Waals surface area (Å²) in [7, 11) is 6.58. The summed E-state index contributed by atoms with van der Waals surface area (Å²) in [5.74, 6) is 2.62. The summed E-state index contributed by atoms with van der Waals surface area (Å²) in [5.41, 5.74) is 6.58. The summed E-state index contributed by atoms with van der Waals surface area (Å²) in [6.07, 6.45) is 0. The summed E-state index contributed by atoms with van der Waals surface area (Å²) < 4.78 is 22.6. The molecule has 0 radical (unpaired) electrons. The lowest BCUT2D eigenvalue weighted by atomic mass is 9.94. The molecule has 0 unspecified atom stereocenters. The van der Waals surface area contributed by atoms with Crippen molar-refractivity contribution in [3.63, 3.8) is 0 Å². The van der Waals surface area contributed by atoms with Crippen LogP contribution in [0.15, 0.2) is 91.0 Å². The quantitative estimate of drug-likeness (QED) is 0.247. The Labute approximate surface area is 210 Å². The minimum absolute atomic E-state index is 0.633. The van der Waals surface area contributed by atoms with E-state index in [0.29, 0.717) is 23.0 Å². The molecule has 5 rings (SSSR count). The van der Waals surface area contributed by atoms with E-state index in [1.165, 1.54) is 0 Å². The van der Waals surface area contributed by atoms with Gasteiger partial charge in [-0.3, -0.25) is 0 Å². The van der Waals surface area contributed by atoms with Crippen LogP contribution in [-0.4, -0.2) is 33.4 Å². The second kappa shape index (κ2) is 10.0. The molecule has 0 saturated carbocycles. The lowest BCUT2D eigenvalue weighted by Crippen LogP contribution is -1.98. The smallest absolute Gasteiger partial charge is 0.168 e. The largest absolute Gasteiger partial charge is 0.493 e. The molecule has 1 aromatic heterocycles. The molecule has 0 bridgehead atoms. The molecule has 0 spiro atoms. The van der Waals surface area contributed by atoms with Gasteiger partial charge in [-0.05, 0) is 35.4 Å². The van der Waals surface area contributed by atoms with E-state index < -0.39 is 0 Å². The standard InChI is InChI=1S/C31H27NO4/c1-33-27-17-22-15-24(20-11-7-5-8-12-20)30(32-26(22)19-28(27)34-2)23-16-25(21-13-9-6-10-14-21)31(36-4)29(18-23)35-3/h5-19H,1-4H3. The fourth-order valence-corrected chi connectivity index (χ4v) is 4.49. The minimum atomic E-state index is 0.633. The first kappa shape index (κ1) is 23.2. The summed E-state index contributed by atoms with van der Waals surface area (Å²) in [6.45, 7) is 0. The predicted molar refractivity (Wildman–Crippen MR) is 144 cm³/mol. The van der Waals surface area contributed by atoms with Crippen LogP contribution in [0.25, 0.3) is 44.4 Å². The Bertz CT molecular complexity index is 1520. The van der Waals surface area contributed by atoms with Gasteiger partial charge in [-0.15, -0.1) is 0 Å². The Morgan fingerprint density at radius 3 is 1.67 bits per heavy atom. The van der Waals surface area contributed by atoms with E-state index in [0.717, 1.165) is 44.4 Å². The summed E-state index contributed by atoms with van der Waals surface area (Å²) in [6, 6.07) is 30.5. The van der Waals surface area contributed by atoms with Gasteiger partial charge in [0.15, 0.2) is 23.0 Å². The van der Waals surface area contributed by atoms with Crippen molar-refractivity contribution in [3.8, 4) is 56.5 Å². The molecule has 0 aliphatic rings. The molecule has 0 amide bonds. The maximum absolute atomic E-state index is 5.78. The number of benzene rings is 4. The zero-order valence-electron chi connectivity index (χ0n) is 20.7. The van der Waals surface area contributed by atoms with Gasteiger partial charge in [0.2, 0.25) is 0 Å². The van der Waals surface area contributed by atoms with Gasteiger partial charge < -0.3 is 18.9 Å². The van der Waals surface area contributed by atoms with Gasteiger partial charge in [-0.25, -0.2) is 4.98 Å². The second-order valence-electron chi connectivity index (χ2n) is 8.28. The van der Waals surface area contributed by atoms with E-state index in [2.05, 4.69) is 36.4 Å². The van der Waals surface area contributed by atoms with Crippen LogP contribution in [0, 0.1) is 0 Å².